The zero-order chi connectivity index (χ0) is 15.4. The minimum absolute atomic E-state index is 0.0202. The molecule has 0 fully saturated rings. The van der Waals surface area contributed by atoms with Crippen molar-refractivity contribution < 1.29 is 4.79 Å². The maximum absolute atomic E-state index is 11.8. The molecule has 1 aromatic heterocycles. The first-order valence-electron chi connectivity index (χ1n) is 6.98. The Balaban J connectivity index is 1.97. The molecule has 0 aliphatic carbocycles. The maximum atomic E-state index is 11.8. The maximum Gasteiger partial charge on any atom is 0.160 e. The summed E-state index contributed by atoms with van der Waals surface area (Å²) in [5, 5.41) is 3.23. The number of carbonyl (C=O) groups excluding carboxylic acids is 1. The Bertz CT molecular complexity index is 800. The predicted octanol–water partition coefficient (Wildman–Crippen LogP) is 4.09. The molecule has 1 heterocycles. The van der Waals surface area contributed by atoms with Gasteiger partial charge in [-0.3, -0.25) is 4.79 Å². The molecule has 4 nitrogen and oxygen atoms in total. The number of Topliss-reactive ketones (excluding diaryl/α,β-unsaturated/α-hetero) is 1. The van der Waals surface area contributed by atoms with Gasteiger partial charge in [-0.2, -0.15) is 0 Å². The largest absolute Gasteiger partial charge is 0.340 e. The minimum Gasteiger partial charge on any atom is -0.340 e. The molecular formula is C18H15N3O. The van der Waals surface area contributed by atoms with E-state index in [9.17, 15) is 4.79 Å². The molecule has 0 atom stereocenters. The number of para-hydroxylation sites is 1. The highest BCUT2D eigenvalue weighted by atomic mass is 16.1. The van der Waals surface area contributed by atoms with Gasteiger partial charge in [0.2, 0.25) is 0 Å². The number of anilines is 2. The Morgan fingerprint density at radius 3 is 2.45 bits per heavy atom. The summed E-state index contributed by atoms with van der Waals surface area (Å²) < 4.78 is 0. The second-order valence-electron chi connectivity index (χ2n) is 4.88. The Labute approximate surface area is 128 Å². The van der Waals surface area contributed by atoms with Crippen molar-refractivity contribution in [3.05, 3.63) is 72.6 Å². The molecule has 0 bridgehead atoms. The number of carbonyl (C=O) groups is 1. The summed E-state index contributed by atoms with van der Waals surface area (Å²) in [6, 6.07) is 19.1. The minimum atomic E-state index is 0.0202. The summed E-state index contributed by atoms with van der Waals surface area (Å²) in [5.41, 5.74) is 3.15. The molecule has 22 heavy (non-hydrogen) atoms. The normalized spacial score (nSPS) is 10.2. The summed E-state index contributed by atoms with van der Waals surface area (Å²) in [6.07, 6.45) is 1.50. The van der Waals surface area contributed by atoms with E-state index in [1.54, 1.807) is 6.92 Å². The van der Waals surface area contributed by atoms with Gasteiger partial charge in [-0.05, 0) is 19.1 Å². The van der Waals surface area contributed by atoms with Gasteiger partial charge in [0, 0.05) is 22.9 Å². The van der Waals surface area contributed by atoms with E-state index in [2.05, 4.69) is 15.3 Å². The van der Waals surface area contributed by atoms with Crippen LogP contribution in [0.25, 0.3) is 11.3 Å². The number of hydrogen-bond donors (Lipinski definition) is 1. The van der Waals surface area contributed by atoms with Gasteiger partial charge in [0.1, 0.15) is 12.1 Å². The third-order valence-electron chi connectivity index (χ3n) is 3.30. The summed E-state index contributed by atoms with van der Waals surface area (Å²) in [6.45, 7) is 1.56. The SMILES string of the molecule is CC(=O)c1ccccc1-c1cc(Nc2ccccc2)ncn1. The van der Waals surface area contributed by atoms with Crippen molar-refractivity contribution in [3.8, 4) is 11.3 Å². The molecule has 2 aromatic carbocycles. The van der Waals surface area contributed by atoms with E-state index in [-0.39, 0.29) is 5.78 Å². The highest BCUT2D eigenvalue weighted by molar-refractivity contribution is 6.00. The van der Waals surface area contributed by atoms with Gasteiger partial charge in [0.05, 0.1) is 5.69 Å². The molecule has 108 valence electrons. The summed E-state index contributed by atoms with van der Waals surface area (Å²) in [7, 11) is 0. The predicted molar refractivity (Wildman–Crippen MR) is 87.2 cm³/mol. The van der Waals surface area contributed by atoms with Crippen molar-refractivity contribution >= 4 is 17.3 Å². The van der Waals surface area contributed by atoms with Crippen molar-refractivity contribution in [2.75, 3.05) is 5.32 Å². The van der Waals surface area contributed by atoms with Crippen molar-refractivity contribution in [3.63, 3.8) is 0 Å². The lowest BCUT2D eigenvalue weighted by Gasteiger charge is -2.09. The number of ketones is 1. The number of benzene rings is 2. The third-order valence-corrected chi connectivity index (χ3v) is 3.30. The van der Waals surface area contributed by atoms with Crippen LogP contribution in [-0.4, -0.2) is 15.8 Å². The van der Waals surface area contributed by atoms with E-state index in [1.807, 2.05) is 60.7 Å². The van der Waals surface area contributed by atoms with Crippen molar-refractivity contribution in [1.82, 2.24) is 9.97 Å². The van der Waals surface area contributed by atoms with Gasteiger partial charge in [-0.15, -0.1) is 0 Å². The van der Waals surface area contributed by atoms with Crippen LogP contribution < -0.4 is 5.32 Å². The zero-order valence-corrected chi connectivity index (χ0v) is 12.2. The van der Waals surface area contributed by atoms with Gasteiger partial charge < -0.3 is 5.32 Å². The van der Waals surface area contributed by atoms with Crippen LogP contribution in [0.15, 0.2) is 67.0 Å². The number of aromatic nitrogens is 2. The Morgan fingerprint density at radius 1 is 0.955 bits per heavy atom. The van der Waals surface area contributed by atoms with Gasteiger partial charge in [-0.25, -0.2) is 9.97 Å². The zero-order valence-electron chi connectivity index (χ0n) is 12.2. The second kappa shape index (κ2) is 6.18. The monoisotopic (exact) mass is 289 g/mol. The van der Waals surface area contributed by atoms with Crippen LogP contribution in [0.1, 0.15) is 17.3 Å². The Morgan fingerprint density at radius 2 is 1.68 bits per heavy atom. The smallest absolute Gasteiger partial charge is 0.160 e. The number of nitrogens with zero attached hydrogens (tertiary/aromatic N) is 2. The average Bonchev–Trinajstić information content (AvgIpc) is 2.56. The number of hydrogen-bond acceptors (Lipinski definition) is 4. The average molecular weight is 289 g/mol. The summed E-state index contributed by atoms with van der Waals surface area (Å²) in [5.74, 6) is 0.710. The van der Waals surface area contributed by atoms with Gasteiger partial charge in [0.15, 0.2) is 5.78 Å². The first-order valence-corrected chi connectivity index (χ1v) is 6.98. The van der Waals surface area contributed by atoms with E-state index in [1.165, 1.54) is 6.33 Å². The molecule has 3 rings (SSSR count). The molecule has 4 heteroatoms. The van der Waals surface area contributed by atoms with Crippen molar-refractivity contribution in [2.24, 2.45) is 0 Å². The first-order chi connectivity index (χ1) is 10.7. The summed E-state index contributed by atoms with van der Waals surface area (Å²) >= 11 is 0. The first kappa shape index (κ1) is 13.9. The van der Waals surface area contributed by atoms with Crippen LogP contribution in [0.3, 0.4) is 0 Å². The fourth-order valence-electron chi connectivity index (χ4n) is 2.26. The molecular weight excluding hydrogens is 274 g/mol. The van der Waals surface area contributed by atoms with E-state index >= 15 is 0 Å². The van der Waals surface area contributed by atoms with Crippen LogP contribution in [0.2, 0.25) is 0 Å². The second-order valence-corrected chi connectivity index (χ2v) is 4.88. The summed E-state index contributed by atoms with van der Waals surface area (Å²) in [4.78, 5) is 20.3. The third kappa shape index (κ3) is 3.01. The van der Waals surface area contributed by atoms with E-state index < -0.39 is 0 Å². The molecule has 0 aliphatic heterocycles. The lowest BCUT2D eigenvalue weighted by Crippen LogP contribution is -1.99. The van der Waals surface area contributed by atoms with Crippen LogP contribution in [-0.2, 0) is 0 Å². The standard InChI is InChI=1S/C18H15N3O/c1-13(22)15-9-5-6-10-16(15)17-11-18(20-12-19-17)21-14-7-3-2-4-8-14/h2-12H,1H3,(H,19,20,21). The highest BCUT2D eigenvalue weighted by Crippen LogP contribution is 2.24. The van der Waals surface area contributed by atoms with Crippen LogP contribution in [0.5, 0.6) is 0 Å². The molecule has 1 N–H and O–H groups in total. The fourth-order valence-corrected chi connectivity index (χ4v) is 2.26. The highest BCUT2D eigenvalue weighted by Gasteiger charge is 2.10. The van der Waals surface area contributed by atoms with Gasteiger partial charge >= 0.3 is 0 Å². The number of nitrogens with one attached hydrogen (secondary N) is 1. The fraction of sp³-hybridized carbons (Fsp3) is 0.0556. The van der Waals surface area contributed by atoms with Crippen LogP contribution in [0, 0.1) is 0 Å². The van der Waals surface area contributed by atoms with Gasteiger partial charge in [-0.1, -0.05) is 42.5 Å². The van der Waals surface area contributed by atoms with E-state index in [0.717, 1.165) is 16.9 Å². The molecule has 0 amide bonds. The van der Waals surface area contributed by atoms with E-state index in [4.69, 9.17) is 0 Å². The quantitative estimate of drug-likeness (QED) is 0.735. The van der Waals surface area contributed by atoms with E-state index in [0.29, 0.717) is 11.4 Å². The molecule has 0 aliphatic rings. The van der Waals surface area contributed by atoms with Crippen molar-refractivity contribution in [2.45, 2.75) is 6.92 Å². The van der Waals surface area contributed by atoms with Crippen LogP contribution >= 0.6 is 0 Å². The lowest BCUT2D eigenvalue weighted by molar-refractivity contribution is 0.101. The molecule has 0 saturated carbocycles. The molecule has 0 radical (unpaired) electrons. The molecule has 0 saturated heterocycles. The topological polar surface area (TPSA) is 54.9 Å². The molecule has 3 aromatic rings. The van der Waals surface area contributed by atoms with Crippen molar-refractivity contribution in [1.29, 1.82) is 0 Å². The Kier molecular flexibility index (Phi) is 3.92. The van der Waals surface area contributed by atoms with Gasteiger partial charge in [0.25, 0.3) is 0 Å². The molecule has 0 unspecified atom stereocenters. The lowest BCUT2D eigenvalue weighted by atomic mass is 10.0. The Hall–Kier alpha value is -3.01. The number of rotatable bonds is 4. The van der Waals surface area contributed by atoms with Crippen LogP contribution in [0.4, 0.5) is 11.5 Å². The molecule has 0 spiro atoms.